The Morgan fingerprint density at radius 1 is 1.35 bits per heavy atom. The normalized spacial score (nSPS) is 17.8. The summed E-state index contributed by atoms with van der Waals surface area (Å²) in [6, 6.07) is 0. The summed E-state index contributed by atoms with van der Waals surface area (Å²) in [6.07, 6.45) is 6.77. The van der Waals surface area contributed by atoms with Crippen molar-refractivity contribution in [3.05, 3.63) is 15.6 Å². The lowest BCUT2D eigenvalue weighted by molar-refractivity contribution is 0.195. The first-order valence-electron chi connectivity index (χ1n) is 7.83. The third kappa shape index (κ3) is 4.54. The maximum Gasteiger partial charge on any atom is 0.0934 e. The van der Waals surface area contributed by atoms with Gasteiger partial charge in [0.05, 0.1) is 17.3 Å². The minimum Gasteiger partial charge on any atom is -0.383 e. The highest BCUT2D eigenvalue weighted by atomic mass is 32.1. The molecular weight excluding hydrogens is 268 g/mol. The fourth-order valence-electron chi connectivity index (χ4n) is 3.15. The third-order valence-electron chi connectivity index (χ3n) is 4.47. The zero-order valence-electron chi connectivity index (χ0n) is 13.1. The summed E-state index contributed by atoms with van der Waals surface area (Å²) in [6.45, 7) is 7.16. The van der Waals surface area contributed by atoms with E-state index in [0.29, 0.717) is 0 Å². The summed E-state index contributed by atoms with van der Waals surface area (Å²) in [7, 11) is 1.76. The molecule has 0 aromatic carbocycles. The first-order valence-corrected chi connectivity index (χ1v) is 8.65. The van der Waals surface area contributed by atoms with E-state index in [1.807, 2.05) is 11.3 Å². The molecular formula is C16H28N2OS. The van der Waals surface area contributed by atoms with Gasteiger partial charge in [0.15, 0.2) is 0 Å². The van der Waals surface area contributed by atoms with Gasteiger partial charge in [-0.2, -0.15) is 0 Å². The van der Waals surface area contributed by atoms with Gasteiger partial charge < -0.3 is 10.1 Å². The van der Waals surface area contributed by atoms with E-state index in [1.54, 1.807) is 7.11 Å². The van der Waals surface area contributed by atoms with Crippen molar-refractivity contribution in [2.24, 2.45) is 11.8 Å². The summed E-state index contributed by atoms with van der Waals surface area (Å²) in [5, 5.41) is 4.88. The van der Waals surface area contributed by atoms with Crippen LogP contribution in [0.2, 0.25) is 0 Å². The van der Waals surface area contributed by atoms with Gasteiger partial charge in [-0.3, -0.25) is 0 Å². The zero-order chi connectivity index (χ0) is 14.4. The van der Waals surface area contributed by atoms with Crippen molar-refractivity contribution in [2.75, 3.05) is 26.8 Å². The molecule has 0 amide bonds. The molecule has 2 rings (SSSR count). The molecule has 1 fully saturated rings. The SMILES string of the molecule is COCCNCC(Cc1nc(C)c(C)s1)C1CCCC1. The summed E-state index contributed by atoms with van der Waals surface area (Å²) in [4.78, 5) is 6.10. The Morgan fingerprint density at radius 3 is 2.70 bits per heavy atom. The van der Waals surface area contributed by atoms with Crippen LogP contribution >= 0.6 is 11.3 Å². The molecule has 0 bridgehead atoms. The van der Waals surface area contributed by atoms with Gasteiger partial charge in [0.25, 0.3) is 0 Å². The first kappa shape index (κ1) is 15.9. The van der Waals surface area contributed by atoms with Gasteiger partial charge >= 0.3 is 0 Å². The monoisotopic (exact) mass is 296 g/mol. The highest BCUT2D eigenvalue weighted by Crippen LogP contribution is 2.33. The van der Waals surface area contributed by atoms with Crippen LogP contribution in [-0.4, -0.2) is 31.8 Å². The van der Waals surface area contributed by atoms with E-state index in [-0.39, 0.29) is 0 Å². The number of hydrogen-bond donors (Lipinski definition) is 1. The molecule has 1 saturated carbocycles. The Kier molecular flexibility index (Phi) is 6.46. The maximum absolute atomic E-state index is 5.11. The molecule has 1 aliphatic rings. The highest BCUT2D eigenvalue weighted by Gasteiger charge is 2.25. The van der Waals surface area contributed by atoms with Gasteiger partial charge in [0.2, 0.25) is 0 Å². The van der Waals surface area contributed by atoms with E-state index in [1.165, 1.54) is 41.3 Å². The molecule has 1 N–H and O–H groups in total. The number of ether oxygens (including phenoxy) is 1. The quantitative estimate of drug-likeness (QED) is 0.747. The lowest BCUT2D eigenvalue weighted by Crippen LogP contribution is -2.31. The van der Waals surface area contributed by atoms with E-state index in [2.05, 4.69) is 19.2 Å². The molecule has 1 atom stereocenters. The fraction of sp³-hybridized carbons (Fsp3) is 0.812. The second kappa shape index (κ2) is 8.11. The minimum absolute atomic E-state index is 0.735. The predicted molar refractivity (Wildman–Crippen MR) is 85.5 cm³/mol. The average molecular weight is 296 g/mol. The van der Waals surface area contributed by atoms with E-state index in [0.717, 1.165) is 38.0 Å². The van der Waals surface area contributed by atoms with Crippen LogP contribution < -0.4 is 5.32 Å². The molecule has 1 aromatic rings. The van der Waals surface area contributed by atoms with Crippen LogP contribution in [0.15, 0.2) is 0 Å². The van der Waals surface area contributed by atoms with Crippen LogP contribution in [-0.2, 0) is 11.2 Å². The van der Waals surface area contributed by atoms with Crippen LogP contribution in [0, 0.1) is 25.7 Å². The average Bonchev–Trinajstić information content (AvgIpc) is 3.04. The predicted octanol–water partition coefficient (Wildman–Crippen LogP) is 3.34. The summed E-state index contributed by atoms with van der Waals surface area (Å²) in [5.41, 5.74) is 1.21. The number of aryl methyl sites for hydroxylation is 2. The molecule has 1 aromatic heterocycles. The van der Waals surface area contributed by atoms with Crippen molar-refractivity contribution in [3.63, 3.8) is 0 Å². The van der Waals surface area contributed by atoms with Gasteiger partial charge in [-0.05, 0) is 32.2 Å². The largest absolute Gasteiger partial charge is 0.383 e. The second-order valence-corrected chi connectivity index (χ2v) is 7.24. The summed E-state index contributed by atoms with van der Waals surface area (Å²) < 4.78 is 5.11. The lowest BCUT2D eigenvalue weighted by Gasteiger charge is -2.23. The molecule has 20 heavy (non-hydrogen) atoms. The second-order valence-electron chi connectivity index (χ2n) is 5.95. The van der Waals surface area contributed by atoms with Gasteiger partial charge in [-0.15, -0.1) is 11.3 Å². The zero-order valence-corrected chi connectivity index (χ0v) is 13.9. The molecule has 0 spiro atoms. The van der Waals surface area contributed by atoms with Crippen LogP contribution in [0.1, 0.15) is 41.3 Å². The molecule has 1 unspecified atom stereocenters. The number of aromatic nitrogens is 1. The molecule has 4 heteroatoms. The van der Waals surface area contributed by atoms with Crippen LogP contribution in [0.5, 0.6) is 0 Å². The van der Waals surface area contributed by atoms with E-state index in [9.17, 15) is 0 Å². The molecule has 3 nitrogen and oxygen atoms in total. The molecule has 1 aliphatic carbocycles. The topological polar surface area (TPSA) is 34.1 Å². The van der Waals surface area contributed by atoms with Gasteiger partial charge in [-0.1, -0.05) is 25.7 Å². The van der Waals surface area contributed by atoms with Crippen LogP contribution in [0.25, 0.3) is 0 Å². The summed E-state index contributed by atoms with van der Waals surface area (Å²) in [5.74, 6) is 1.62. The molecule has 1 heterocycles. The van der Waals surface area contributed by atoms with Gasteiger partial charge in [-0.25, -0.2) is 4.98 Å². The first-order chi connectivity index (χ1) is 9.70. The Bertz CT molecular complexity index is 380. The number of nitrogens with one attached hydrogen (secondary N) is 1. The van der Waals surface area contributed by atoms with Crippen molar-refractivity contribution < 1.29 is 4.74 Å². The Balaban J connectivity index is 1.90. The molecule has 114 valence electrons. The number of hydrogen-bond acceptors (Lipinski definition) is 4. The number of thiazole rings is 1. The number of nitrogens with zero attached hydrogens (tertiary/aromatic N) is 1. The van der Waals surface area contributed by atoms with E-state index in [4.69, 9.17) is 9.72 Å². The molecule has 0 aliphatic heterocycles. The lowest BCUT2D eigenvalue weighted by atomic mass is 9.88. The van der Waals surface area contributed by atoms with Crippen LogP contribution in [0.3, 0.4) is 0 Å². The standard InChI is InChI=1S/C16H28N2OS/c1-12-13(2)20-16(18-12)10-15(11-17-8-9-19-3)14-6-4-5-7-14/h14-15,17H,4-11H2,1-3H3. The minimum atomic E-state index is 0.735. The van der Waals surface area contributed by atoms with Gasteiger partial charge in [0, 0.05) is 25.0 Å². The Labute approximate surface area is 127 Å². The van der Waals surface area contributed by atoms with Gasteiger partial charge in [0.1, 0.15) is 0 Å². The van der Waals surface area contributed by atoms with Crippen molar-refractivity contribution >= 4 is 11.3 Å². The summed E-state index contributed by atoms with van der Waals surface area (Å²) >= 11 is 1.88. The number of rotatable bonds is 8. The van der Waals surface area contributed by atoms with Crippen molar-refractivity contribution in [3.8, 4) is 0 Å². The molecule has 0 radical (unpaired) electrons. The van der Waals surface area contributed by atoms with Crippen molar-refractivity contribution in [2.45, 2.75) is 46.0 Å². The maximum atomic E-state index is 5.11. The van der Waals surface area contributed by atoms with Crippen molar-refractivity contribution in [1.82, 2.24) is 10.3 Å². The number of methoxy groups -OCH3 is 1. The Hall–Kier alpha value is -0.450. The smallest absolute Gasteiger partial charge is 0.0934 e. The van der Waals surface area contributed by atoms with E-state index >= 15 is 0 Å². The highest BCUT2D eigenvalue weighted by molar-refractivity contribution is 7.11. The fourth-order valence-corrected chi connectivity index (χ4v) is 4.17. The van der Waals surface area contributed by atoms with Crippen molar-refractivity contribution in [1.29, 1.82) is 0 Å². The Morgan fingerprint density at radius 2 is 2.10 bits per heavy atom. The molecule has 0 saturated heterocycles. The van der Waals surface area contributed by atoms with E-state index < -0.39 is 0 Å². The third-order valence-corrected chi connectivity index (χ3v) is 5.56. The van der Waals surface area contributed by atoms with Crippen LogP contribution in [0.4, 0.5) is 0 Å².